The van der Waals surface area contributed by atoms with Gasteiger partial charge in [0.25, 0.3) is 23.6 Å². The molecule has 11 heterocycles. The highest BCUT2D eigenvalue weighted by atomic mass is 16.6. The van der Waals surface area contributed by atoms with Gasteiger partial charge in [-0.2, -0.15) is 10.1 Å². The summed E-state index contributed by atoms with van der Waals surface area (Å²) in [6.45, 7) is 21.1. The Morgan fingerprint density at radius 2 is 1.44 bits per heavy atom. The molecule has 15 atom stereocenters. The fraction of sp³-hybridized carbons (Fsp3) is 0.578. The number of alkyl carbamates (subject to hydrolysis) is 1. The Morgan fingerprint density at radius 3 is 2.18 bits per heavy atom. The molecule has 0 radical (unpaired) electrons. The molecule has 1 saturated carbocycles. The number of Topliss-reactive ketones (excluding diaryl/α,β-unsaturated/α-hetero) is 3. The number of nitrogens with zero attached hydrogens (tertiary/aromatic N) is 15. The predicted molar refractivity (Wildman–Crippen MR) is 523 cm³/mol. The van der Waals surface area contributed by atoms with Crippen LogP contribution in [0.25, 0.3) is 33.4 Å². The van der Waals surface area contributed by atoms with Crippen molar-refractivity contribution in [3.8, 4) is 11.3 Å². The van der Waals surface area contributed by atoms with Gasteiger partial charge in [-0.3, -0.25) is 38.5 Å². The zero-order valence-corrected chi connectivity index (χ0v) is 82.5. The number of hydrogen-bond donors (Lipinski definition) is 6. The molecule has 1 aliphatic carbocycles. The number of hydrogen-bond acceptors (Lipinski definition) is 33. The van der Waals surface area contributed by atoms with E-state index in [-0.39, 0.29) is 112 Å². The van der Waals surface area contributed by atoms with E-state index in [0.29, 0.717) is 205 Å². The summed E-state index contributed by atoms with van der Waals surface area (Å²) in [5.74, 6) is -7.79. The maximum absolute atomic E-state index is 14.8. The van der Waals surface area contributed by atoms with Crippen molar-refractivity contribution in [3.05, 3.63) is 143 Å². The van der Waals surface area contributed by atoms with Gasteiger partial charge >= 0.3 is 12.1 Å². The van der Waals surface area contributed by atoms with Gasteiger partial charge in [-0.15, -0.1) is 0 Å². The number of esters is 1. The van der Waals surface area contributed by atoms with E-state index < -0.39 is 102 Å². The SMILES string of the molecule is CO[C@H]1C[C@@H]2CC[C@@H](C)[C@@](O)(O2)C(=O)C(=O)N2CCCC[C@H]2C(=O)O[C@H]([C@H](C)C[C@@H]2CC[C@@H](OC(=O)NCCOCCC(=O)NCc3cnc(N4CCN(C(=O)CCOCCN5CCN(c6ncc(C(=O)N7CCc8cc(Cn9nc(-c%10ccc%11oc(N)nc%11c%10)c%10c(N)ncnc%109)ccc8C7)cn6)CC5)CC4)nc3)[C@H](OC)C2)CC(=O)[C@H](C)/C=C(\C)[C@@H](O)[C@@H](OC)C(=O)[C@H](C)C[C@H](C)/C=C/C=C/C=C/1C. The molecule has 2 bridgehead atoms. The number of nitrogens with two attached hydrogens (primary N) is 2. The van der Waals surface area contributed by atoms with E-state index in [9.17, 15) is 53.4 Å². The number of piperidine rings is 1. The van der Waals surface area contributed by atoms with Crippen molar-refractivity contribution in [2.24, 2.45) is 35.5 Å². The third-order valence-corrected chi connectivity index (χ3v) is 28.5. The number of cyclic esters (lactones) is 1. The molecule has 141 heavy (non-hydrogen) atoms. The number of methoxy groups -OCH3 is 3. The topological polar surface area (TPSA) is 485 Å². The van der Waals surface area contributed by atoms with Crippen molar-refractivity contribution in [1.29, 1.82) is 0 Å². The number of rotatable bonds is 27. The first-order valence-electron chi connectivity index (χ1n) is 49.4. The van der Waals surface area contributed by atoms with Crippen LogP contribution in [0.1, 0.15) is 171 Å². The number of carbonyl (C=O) groups is 9. The van der Waals surface area contributed by atoms with Crippen molar-refractivity contribution < 1.29 is 95.7 Å². The molecule has 0 unspecified atom stereocenters. The second-order valence-corrected chi connectivity index (χ2v) is 38.5. The van der Waals surface area contributed by atoms with Gasteiger partial charge in [0.05, 0.1) is 68.7 Å². The van der Waals surface area contributed by atoms with E-state index in [1.807, 2.05) is 88.7 Å². The first kappa shape index (κ1) is 105. The molecule has 5 aromatic heterocycles. The van der Waals surface area contributed by atoms with Crippen LogP contribution in [0.3, 0.4) is 0 Å². The Kier molecular flexibility index (Phi) is 36.6. The lowest BCUT2D eigenvalue weighted by Gasteiger charge is -2.42. The molecule has 8 N–H and O–H groups in total. The number of aromatic nitrogens is 9. The second-order valence-electron chi connectivity index (χ2n) is 38.5. The first-order valence-corrected chi connectivity index (χ1v) is 49.4. The van der Waals surface area contributed by atoms with Crippen LogP contribution in [0.2, 0.25) is 0 Å². The lowest BCUT2D eigenvalue weighted by atomic mass is 9.78. The number of allylic oxidation sites excluding steroid dienone is 6. The number of oxazole rings is 1. The number of nitrogens with one attached hydrogen (secondary N) is 2. The highest BCUT2D eigenvalue weighted by Gasteiger charge is 2.54. The number of piperazine rings is 2. The lowest BCUT2D eigenvalue weighted by molar-refractivity contribution is -0.265. The van der Waals surface area contributed by atoms with E-state index >= 15 is 0 Å². The number of aliphatic hydroxyl groups is 2. The van der Waals surface area contributed by atoms with E-state index in [2.05, 4.69) is 67.5 Å². The first-order chi connectivity index (χ1) is 67.9. The van der Waals surface area contributed by atoms with E-state index in [1.165, 1.54) is 25.4 Å². The van der Waals surface area contributed by atoms with Crippen LogP contribution in [0.15, 0.2) is 120 Å². The van der Waals surface area contributed by atoms with Crippen LogP contribution in [0, 0.1) is 35.5 Å². The summed E-state index contributed by atoms with van der Waals surface area (Å²) in [5.41, 5.74) is 21.0. The Bertz CT molecular complexity index is 5640. The van der Waals surface area contributed by atoms with Crippen molar-refractivity contribution in [3.63, 3.8) is 0 Å². The number of ether oxygens (including phenoxy) is 8. The molecule has 7 aliphatic rings. The average molecular weight is 1950 g/mol. The number of fused-ring (bicyclic) bond motifs is 6. The zero-order valence-electron chi connectivity index (χ0n) is 82.5. The number of benzene rings is 2. The van der Waals surface area contributed by atoms with Crippen molar-refractivity contribution >= 4 is 98.9 Å². The van der Waals surface area contributed by atoms with Gasteiger partial charge in [-0.05, 0) is 148 Å². The van der Waals surface area contributed by atoms with Gasteiger partial charge in [-0.1, -0.05) is 89.3 Å². The van der Waals surface area contributed by atoms with Crippen molar-refractivity contribution in [2.75, 3.05) is 148 Å². The molecule has 39 nitrogen and oxygen atoms in total. The Morgan fingerprint density at radius 1 is 0.702 bits per heavy atom. The fourth-order valence-corrected chi connectivity index (χ4v) is 20.0. The molecule has 5 fully saturated rings. The molecule has 39 heteroatoms. The van der Waals surface area contributed by atoms with Crippen LogP contribution in [-0.2, 0) is 97.5 Å². The summed E-state index contributed by atoms with van der Waals surface area (Å²) < 4.78 is 55.0. The van der Waals surface area contributed by atoms with E-state index in [0.717, 1.165) is 40.9 Å². The molecule has 4 saturated heterocycles. The Labute approximate surface area is 821 Å². The maximum Gasteiger partial charge on any atom is 0.407 e. The summed E-state index contributed by atoms with van der Waals surface area (Å²) in [4.78, 5) is 168. The van der Waals surface area contributed by atoms with E-state index in [4.69, 9.17) is 58.9 Å². The van der Waals surface area contributed by atoms with Gasteiger partial charge in [0.2, 0.25) is 29.5 Å². The molecule has 7 aromatic rings. The van der Waals surface area contributed by atoms with Gasteiger partial charge < -0.3 is 99.1 Å². The van der Waals surface area contributed by atoms with Gasteiger partial charge in [-0.25, -0.2) is 44.2 Å². The minimum Gasteiger partial charge on any atom is -0.460 e. The van der Waals surface area contributed by atoms with Crippen molar-refractivity contribution in [1.82, 2.24) is 74.9 Å². The Balaban J connectivity index is 0.462. The smallest absolute Gasteiger partial charge is 0.407 e. The average Bonchev–Trinajstić information content (AvgIpc) is 1.62. The van der Waals surface area contributed by atoms with Crippen LogP contribution in [-0.4, -0.2) is 308 Å². The summed E-state index contributed by atoms with van der Waals surface area (Å²) >= 11 is 0. The lowest BCUT2D eigenvalue weighted by Crippen LogP contribution is -2.61. The number of anilines is 4. The van der Waals surface area contributed by atoms with Crippen molar-refractivity contribution in [2.45, 2.75) is 219 Å². The molecular weight excluding hydrogens is 1810 g/mol. The molecule has 14 rings (SSSR count). The quantitative estimate of drug-likeness (QED) is 0.0122. The number of carbonyl (C=O) groups excluding carboxylic acids is 9. The minimum absolute atomic E-state index is 0.0212. The zero-order chi connectivity index (χ0) is 100. The summed E-state index contributed by atoms with van der Waals surface area (Å²) in [6, 6.07) is 10.7. The molecular formula is C102H137N19O20. The van der Waals surface area contributed by atoms with Crippen LogP contribution in [0.4, 0.5) is 28.5 Å². The highest BCUT2D eigenvalue weighted by molar-refractivity contribution is 6.39. The number of ketones is 3. The van der Waals surface area contributed by atoms with Crippen LogP contribution in [0.5, 0.6) is 0 Å². The third kappa shape index (κ3) is 26.9. The summed E-state index contributed by atoms with van der Waals surface area (Å²) in [7, 11) is 4.46. The number of nitrogen functional groups attached to an aromatic ring is 2. The van der Waals surface area contributed by atoms with Gasteiger partial charge in [0.15, 0.2) is 17.0 Å². The fourth-order valence-electron chi connectivity index (χ4n) is 20.0. The predicted octanol–water partition coefficient (Wildman–Crippen LogP) is 8.45. The normalized spacial score (nSPS) is 26.9. The van der Waals surface area contributed by atoms with Gasteiger partial charge in [0, 0.05) is 186 Å². The van der Waals surface area contributed by atoms with Gasteiger partial charge in [0.1, 0.15) is 59.6 Å². The molecule has 5 amide bonds. The summed E-state index contributed by atoms with van der Waals surface area (Å²) in [6.07, 6.45) is 17.9. The standard InChI is InChI=1S/C102H137N19O20/c1-62-16-12-11-13-17-63(2)82(133-8)52-76-24-19-68(7)102(132,141-76)92(127)96(129)120-31-15-14-18-78(120)97(130)138-83(53-79(122)64(3)47-67(6)90(126)91(135-10)89(125)66(5)46-62)65(4)48-69-21-25-81(84(50-69)134-9)140-101(131)105-30-44-136-42-28-85(123)106-54-71-55-107-99(108-56-71)118-39-37-116(38-40-118)86(124)29-43-137-45-41-115-33-35-117(36-34-115)100-109-57-75(58-110-100)95(128)119-32-27-72-49-70(20-22-74(72)60-119)59-121-94-87(93(103)111-61-112-94)88(114-121)73-23-26-80-77(51-73)113-98(104)139-80/h11-13,16-17,20,22-23,26,47,49,51,55-58,61-62,64-66,68-69,76,78,81-84,90-91,126,132H,14-15,18-19,21,24-25,27-46,48,50,52-54,59-60H2,1-10H3,(H2,104,113)(H,105,131)(H,106,123)(H2,103,111,112)/b13-11+,16-12+,63-17+,67-47+/t62-,64-,65-,66-,68-,69+,76+,78+,81-,82+,83+,84-,90-,91+,102-/m1/s1. The minimum atomic E-state index is -2.50. The number of amides is 5. The maximum atomic E-state index is 14.8. The summed E-state index contributed by atoms with van der Waals surface area (Å²) in [5, 5.41) is 35.0. The van der Waals surface area contributed by atoms with E-state index in [1.54, 1.807) is 71.7 Å². The molecule has 0 spiro atoms. The largest absolute Gasteiger partial charge is 0.460 e. The molecule has 6 aliphatic heterocycles. The van der Waals surface area contributed by atoms with Crippen LogP contribution < -0.4 is 31.9 Å². The highest BCUT2D eigenvalue weighted by Crippen LogP contribution is 2.40. The third-order valence-electron chi connectivity index (χ3n) is 28.5. The van der Waals surface area contributed by atoms with Crippen LogP contribution >= 0.6 is 0 Å². The molecule has 760 valence electrons. The number of aliphatic hydroxyl groups excluding tert-OH is 1. The molecule has 2 aromatic carbocycles. The monoisotopic (exact) mass is 1950 g/mol. The second kappa shape index (κ2) is 49.2. The Hall–Kier alpha value is -12.0.